The number of hydrogen-bond acceptors (Lipinski definition) is 6. The maximum Gasteiger partial charge on any atom is 0.158 e. The largest absolute Gasteiger partial charge is 0.390 e. The Labute approximate surface area is 147 Å². The number of anilines is 1. The minimum atomic E-state index is -0.611. The molecule has 0 aromatic carbocycles. The maximum atomic E-state index is 10.4. The highest BCUT2D eigenvalue weighted by Gasteiger charge is 2.44. The number of piperidine rings is 1. The van der Waals surface area contributed by atoms with Crippen LogP contribution < -0.4 is 4.90 Å². The molecule has 4 heterocycles. The number of aliphatic hydroxyl groups is 1. The van der Waals surface area contributed by atoms with Gasteiger partial charge in [0.1, 0.15) is 12.1 Å². The highest BCUT2D eigenvalue weighted by atomic mass is 16.5. The summed E-state index contributed by atoms with van der Waals surface area (Å²) in [5, 5.41) is 14.7. The first-order valence-electron chi connectivity index (χ1n) is 8.90. The minimum Gasteiger partial charge on any atom is -0.390 e. The van der Waals surface area contributed by atoms with Crippen molar-refractivity contribution in [2.45, 2.75) is 50.7 Å². The lowest BCUT2D eigenvalue weighted by atomic mass is 9.78. The minimum absolute atomic E-state index is 0.187. The lowest BCUT2D eigenvalue weighted by Gasteiger charge is -2.48. The summed E-state index contributed by atoms with van der Waals surface area (Å²) in [5.41, 5.74) is 0.301. The number of aryl methyl sites for hydroxylation is 1. The van der Waals surface area contributed by atoms with Crippen LogP contribution in [0.3, 0.4) is 0 Å². The van der Waals surface area contributed by atoms with Gasteiger partial charge in [-0.15, -0.1) is 0 Å². The van der Waals surface area contributed by atoms with Crippen LogP contribution in [0.4, 0.5) is 5.82 Å². The van der Waals surface area contributed by atoms with Gasteiger partial charge in [-0.2, -0.15) is 5.10 Å². The van der Waals surface area contributed by atoms with Gasteiger partial charge in [0.05, 0.1) is 24.0 Å². The second kappa shape index (κ2) is 6.07. The molecule has 0 bridgehead atoms. The molecule has 7 heteroatoms. The molecule has 0 radical (unpaired) electrons. The molecule has 2 saturated heterocycles. The Kier molecular flexibility index (Phi) is 4.00. The van der Waals surface area contributed by atoms with E-state index in [0.29, 0.717) is 6.61 Å². The lowest BCUT2D eigenvalue weighted by molar-refractivity contribution is -0.162. The molecule has 2 fully saturated rings. The van der Waals surface area contributed by atoms with E-state index in [1.807, 2.05) is 32.3 Å². The van der Waals surface area contributed by atoms with Crippen LogP contribution in [0, 0.1) is 6.92 Å². The first-order chi connectivity index (χ1) is 11.9. The smallest absolute Gasteiger partial charge is 0.158 e. The molecule has 1 unspecified atom stereocenters. The predicted octanol–water partition coefficient (Wildman–Crippen LogP) is 1.87. The van der Waals surface area contributed by atoms with Crippen molar-refractivity contribution in [1.29, 1.82) is 0 Å². The van der Waals surface area contributed by atoms with E-state index in [1.54, 1.807) is 11.0 Å². The SMILES string of the molecule is Cc1cnn(-c2cc(N3CCC4(CC3)CC(C)(O)CCO4)ncn2)c1. The number of ether oxygens (including phenoxy) is 1. The van der Waals surface area contributed by atoms with Crippen molar-refractivity contribution in [2.24, 2.45) is 0 Å². The molecule has 1 spiro atoms. The van der Waals surface area contributed by atoms with E-state index in [4.69, 9.17) is 4.74 Å². The van der Waals surface area contributed by atoms with E-state index < -0.39 is 5.60 Å². The van der Waals surface area contributed by atoms with E-state index in [0.717, 1.165) is 56.0 Å². The Bertz CT molecular complexity index is 749. The van der Waals surface area contributed by atoms with Gasteiger partial charge in [-0.3, -0.25) is 0 Å². The molecule has 0 saturated carbocycles. The Morgan fingerprint density at radius 1 is 1.16 bits per heavy atom. The summed E-state index contributed by atoms with van der Waals surface area (Å²) in [6.45, 7) is 6.31. The van der Waals surface area contributed by atoms with E-state index in [9.17, 15) is 5.11 Å². The summed E-state index contributed by atoms with van der Waals surface area (Å²) < 4.78 is 7.86. The van der Waals surface area contributed by atoms with Gasteiger partial charge in [0.25, 0.3) is 0 Å². The normalized spacial score (nSPS) is 26.1. The van der Waals surface area contributed by atoms with E-state index in [1.165, 1.54) is 0 Å². The third-order valence-electron chi connectivity index (χ3n) is 5.34. The van der Waals surface area contributed by atoms with Crippen LogP contribution in [0.25, 0.3) is 5.82 Å². The zero-order chi connectivity index (χ0) is 17.5. The van der Waals surface area contributed by atoms with Crippen molar-refractivity contribution in [3.8, 4) is 5.82 Å². The lowest BCUT2D eigenvalue weighted by Crippen LogP contribution is -2.53. The van der Waals surface area contributed by atoms with Crippen molar-refractivity contribution >= 4 is 5.82 Å². The molecular formula is C18H25N5O2. The molecule has 134 valence electrons. The van der Waals surface area contributed by atoms with Crippen molar-refractivity contribution < 1.29 is 9.84 Å². The highest BCUT2D eigenvalue weighted by Crippen LogP contribution is 2.40. The summed E-state index contributed by atoms with van der Waals surface area (Å²) in [6.07, 6.45) is 8.61. The fourth-order valence-electron chi connectivity index (χ4n) is 3.96. The summed E-state index contributed by atoms with van der Waals surface area (Å²) in [7, 11) is 0. The Balaban J connectivity index is 1.48. The third-order valence-corrected chi connectivity index (χ3v) is 5.34. The maximum absolute atomic E-state index is 10.4. The predicted molar refractivity (Wildman–Crippen MR) is 93.9 cm³/mol. The second-order valence-electron chi connectivity index (χ2n) is 7.64. The van der Waals surface area contributed by atoms with Crippen molar-refractivity contribution in [1.82, 2.24) is 19.7 Å². The van der Waals surface area contributed by atoms with Crippen molar-refractivity contribution in [2.75, 3.05) is 24.6 Å². The molecule has 2 aromatic heterocycles. The second-order valence-corrected chi connectivity index (χ2v) is 7.64. The molecular weight excluding hydrogens is 318 g/mol. The first kappa shape index (κ1) is 16.5. The number of hydrogen-bond donors (Lipinski definition) is 1. The van der Waals surface area contributed by atoms with E-state index in [-0.39, 0.29) is 5.60 Å². The zero-order valence-corrected chi connectivity index (χ0v) is 14.9. The Hall–Kier alpha value is -1.99. The highest BCUT2D eigenvalue weighted by molar-refractivity contribution is 5.44. The van der Waals surface area contributed by atoms with E-state index in [2.05, 4.69) is 20.0 Å². The summed E-state index contributed by atoms with van der Waals surface area (Å²) in [4.78, 5) is 11.0. The van der Waals surface area contributed by atoms with Crippen molar-refractivity contribution in [3.05, 3.63) is 30.4 Å². The fraction of sp³-hybridized carbons (Fsp3) is 0.611. The van der Waals surface area contributed by atoms with Gasteiger partial charge in [0.15, 0.2) is 5.82 Å². The third kappa shape index (κ3) is 3.39. The quantitative estimate of drug-likeness (QED) is 0.897. The first-order valence-corrected chi connectivity index (χ1v) is 8.90. The molecule has 0 aliphatic carbocycles. The molecule has 25 heavy (non-hydrogen) atoms. The molecule has 0 amide bonds. The number of nitrogens with zero attached hydrogens (tertiary/aromatic N) is 5. The van der Waals surface area contributed by atoms with Crippen LogP contribution in [0.1, 0.15) is 38.2 Å². The van der Waals surface area contributed by atoms with Gasteiger partial charge < -0.3 is 14.7 Å². The molecule has 7 nitrogen and oxygen atoms in total. The fourth-order valence-corrected chi connectivity index (χ4v) is 3.96. The van der Waals surface area contributed by atoms with Crippen LogP contribution in [-0.4, -0.2) is 55.8 Å². The van der Waals surface area contributed by atoms with Crippen LogP contribution >= 0.6 is 0 Å². The number of rotatable bonds is 2. The van der Waals surface area contributed by atoms with Gasteiger partial charge in [0.2, 0.25) is 0 Å². The molecule has 2 aliphatic heterocycles. The standard InChI is InChI=1S/C18H25N5O2/c1-14-10-21-23(11-14)16-9-15(19-13-20-16)22-6-3-18(4-7-22)12-17(2,24)5-8-25-18/h9-11,13,24H,3-8,12H2,1-2H3. The van der Waals surface area contributed by atoms with E-state index >= 15 is 0 Å². The summed E-state index contributed by atoms with van der Waals surface area (Å²) in [5.74, 6) is 1.69. The molecule has 4 rings (SSSR count). The Morgan fingerprint density at radius 2 is 1.92 bits per heavy atom. The monoisotopic (exact) mass is 343 g/mol. The van der Waals surface area contributed by atoms with Crippen LogP contribution in [0.2, 0.25) is 0 Å². The van der Waals surface area contributed by atoms with Crippen molar-refractivity contribution in [3.63, 3.8) is 0 Å². The molecule has 1 atom stereocenters. The number of aromatic nitrogens is 4. The topological polar surface area (TPSA) is 76.3 Å². The van der Waals surface area contributed by atoms with Gasteiger partial charge in [-0.05, 0) is 38.7 Å². The van der Waals surface area contributed by atoms with Gasteiger partial charge in [-0.1, -0.05) is 0 Å². The average molecular weight is 343 g/mol. The molecule has 1 N–H and O–H groups in total. The van der Waals surface area contributed by atoms with Gasteiger partial charge >= 0.3 is 0 Å². The van der Waals surface area contributed by atoms with Crippen LogP contribution in [0.5, 0.6) is 0 Å². The molecule has 2 aromatic rings. The van der Waals surface area contributed by atoms with Crippen LogP contribution in [-0.2, 0) is 4.74 Å². The summed E-state index contributed by atoms with van der Waals surface area (Å²) in [6, 6.07) is 1.97. The summed E-state index contributed by atoms with van der Waals surface area (Å²) >= 11 is 0. The van der Waals surface area contributed by atoms with Gasteiger partial charge in [-0.25, -0.2) is 14.6 Å². The van der Waals surface area contributed by atoms with Gasteiger partial charge in [0, 0.05) is 31.8 Å². The van der Waals surface area contributed by atoms with Crippen LogP contribution in [0.15, 0.2) is 24.8 Å². The molecule has 2 aliphatic rings. The average Bonchev–Trinajstić information content (AvgIpc) is 3.01. The Morgan fingerprint density at radius 3 is 2.60 bits per heavy atom. The zero-order valence-electron chi connectivity index (χ0n) is 14.9.